The summed E-state index contributed by atoms with van der Waals surface area (Å²) in [5.41, 5.74) is 0. The van der Waals surface area contributed by atoms with Crippen LogP contribution in [0.15, 0.2) is 0 Å². The lowest BCUT2D eigenvalue weighted by Gasteiger charge is -2.42. The van der Waals surface area contributed by atoms with Crippen molar-refractivity contribution >= 4 is 0 Å². The summed E-state index contributed by atoms with van der Waals surface area (Å²) in [6, 6.07) is 0.551. The molecule has 0 saturated carbocycles. The van der Waals surface area contributed by atoms with Crippen molar-refractivity contribution in [1.29, 1.82) is 0 Å². The molecule has 3 heteroatoms. The van der Waals surface area contributed by atoms with Gasteiger partial charge >= 0.3 is 0 Å². The Morgan fingerprint density at radius 1 is 1.06 bits per heavy atom. The van der Waals surface area contributed by atoms with E-state index in [1.165, 1.54) is 19.6 Å². The van der Waals surface area contributed by atoms with Gasteiger partial charge in [-0.25, -0.2) is 0 Å². The van der Waals surface area contributed by atoms with Gasteiger partial charge in [0.05, 0.1) is 0 Å². The van der Waals surface area contributed by atoms with Crippen LogP contribution in [-0.2, 0) is 0 Å². The van der Waals surface area contributed by atoms with Crippen LogP contribution in [0.2, 0.25) is 0 Å². The number of aliphatic hydroxyl groups is 1. The number of nitrogens with zero attached hydrogens (tertiary/aromatic N) is 2. The summed E-state index contributed by atoms with van der Waals surface area (Å²) in [6.45, 7) is 15.3. The quantitative estimate of drug-likeness (QED) is 0.767. The molecule has 0 spiro atoms. The van der Waals surface area contributed by atoms with Gasteiger partial charge < -0.3 is 10.0 Å². The fraction of sp³-hybridized carbons (Fsp3) is 1.00. The summed E-state index contributed by atoms with van der Waals surface area (Å²) < 4.78 is 0. The molecule has 1 heterocycles. The minimum atomic E-state index is 0.314. The van der Waals surface area contributed by atoms with Gasteiger partial charge in [-0.15, -0.1) is 0 Å². The minimum Gasteiger partial charge on any atom is -0.396 e. The number of piperazine rings is 1. The van der Waals surface area contributed by atoms with Gasteiger partial charge in [0, 0.05) is 45.4 Å². The molecule has 0 radical (unpaired) electrons. The second-order valence-corrected chi connectivity index (χ2v) is 6.21. The third-order valence-electron chi connectivity index (χ3n) is 3.37. The first-order chi connectivity index (χ1) is 8.02. The van der Waals surface area contributed by atoms with Gasteiger partial charge in [0.1, 0.15) is 0 Å². The van der Waals surface area contributed by atoms with Crippen molar-refractivity contribution in [1.82, 2.24) is 9.80 Å². The molecule has 1 fully saturated rings. The zero-order chi connectivity index (χ0) is 12.8. The first-order valence-corrected chi connectivity index (χ1v) is 7.10. The molecule has 0 aromatic carbocycles. The maximum atomic E-state index is 9.19. The fourth-order valence-corrected chi connectivity index (χ4v) is 2.77. The van der Waals surface area contributed by atoms with Crippen molar-refractivity contribution in [2.45, 2.75) is 40.2 Å². The lowest BCUT2D eigenvalue weighted by Crippen LogP contribution is -2.54. The lowest BCUT2D eigenvalue weighted by molar-refractivity contribution is 0.0461. The molecule has 1 atom stereocenters. The number of aliphatic hydroxyl groups excluding tert-OH is 1. The number of rotatable bonds is 6. The predicted molar refractivity (Wildman–Crippen MR) is 73.2 cm³/mol. The third-order valence-corrected chi connectivity index (χ3v) is 3.37. The summed E-state index contributed by atoms with van der Waals surface area (Å²) in [7, 11) is 0. The summed E-state index contributed by atoms with van der Waals surface area (Å²) in [4.78, 5) is 5.12. The zero-order valence-corrected chi connectivity index (χ0v) is 12.0. The highest BCUT2D eigenvalue weighted by atomic mass is 16.3. The van der Waals surface area contributed by atoms with Crippen LogP contribution in [0.1, 0.15) is 34.1 Å². The molecule has 1 saturated heterocycles. The Balaban J connectivity index is 2.48. The van der Waals surface area contributed by atoms with Crippen LogP contribution in [0.3, 0.4) is 0 Å². The maximum Gasteiger partial charge on any atom is 0.0446 e. The molecular formula is C14H30N2O. The van der Waals surface area contributed by atoms with Crippen LogP contribution in [0.4, 0.5) is 0 Å². The topological polar surface area (TPSA) is 26.7 Å². The van der Waals surface area contributed by atoms with Crippen LogP contribution >= 0.6 is 0 Å². The van der Waals surface area contributed by atoms with Crippen molar-refractivity contribution in [2.75, 3.05) is 39.3 Å². The molecule has 1 N–H and O–H groups in total. The van der Waals surface area contributed by atoms with Crippen LogP contribution in [0.5, 0.6) is 0 Å². The molecule has 1 rings (SSSR count). The minimum absolute atomic E-state index is 0.314. The molecule has 17 heavy (non-hydrogen) atoms. The van der Waals surface area contributed by atoms with E-state index in [0.29, 0.717) is 18.6 Å². The Morgan fingerprint density at radius 3 is 2.24 bits per heavy atom. The Hall–Kier alpha value is -0.120. The van der Waals surface area contributed by atoms with Crippen molar-refractivity contribution in [3.05, 3.63) is 0 Å². The SMILES string of the molecule is CC(C)CN1CCN(CC(C)C)[C@H](CCO)C1. The van der Waals surface area contributed by atoms with Crippen LogP contribution < -0.4 is 0 Å². The van der Waals surface area contributed by atoms with Gasteiger partial charge in [0.25, 0.3) is 0 Å². The van der Waals surface area contributed by atoms with E-state index >= 15 is 0 Å². The molecule has 1 aliphatic rings. The van der Waals surface area contributed by atoms with Crippen LogP contribution in [-0.4, -0.2) is 60.3 Å². The Labute approximate surface area is 107 Å². The molecule has 1 aliphatic heterocycles. The Morgan fingerprint density at radius 2 is 1.71 bits per heavy atom. The highest BCUT2D eigenvalue weighted by molar-refractivity contribution is 4.82. The van der Waals surface area contributed by atoms with Crippen LogP contribution in [0, 0.1) is 11.8 Å². The van der Waals surface area contributed by atoms with Crippen molar-refractivity contribution in [3.63, 3.8) is 0 Å². The van der Waals surface area contributed by atoms with Gasteiger partial charge in [-0.3, -0.25) is 4.90 Å². The van der Waals surface area contributed by atoms with E-state index < -0.39 is 0 Å². The summed E-state index contributed by atoms with van der Waals surface area (Å²) in [5.74, 6) is 1.45. The smallest absolute Gasteiger partial charge is 0.0446 e. The number of hydrogen-bond acceptors (Lipinski definition) is 3. The zero-order valence-electron chi connectivity index (χ0n) is 12.0. The highest BCUT2D eigenvalue weighted by Gasteiger charge is 2.26. The average molecular weight is 242 g/mol. The van der Waals surface area contributed by atoms with Gasteiger partial charge in [-0.2, -0.15) is 0 Å². The van der Waals surface area contributed by atoms with E-state index in [1.54, 1.807) is 0 Å². The molecule has 102 valence electrons. The molecule has 3 nitrogen and oxygen atoms in total. The first kappa shape index (κ1) is 14.9. The molecule has 0 aromatic heterocycles. The maximum absolute atomic E-state index is 9.19. The highest BCUT2D eigenvalue weighted by Crippen LogP contribution is 2.15. The van der Waals surface area contributed by atoms with E-state index in [-0.39, 0.29) is 0 Å². The summed E-state index contributed by atoms with van der Waals surface area (Å²) in [6.07, 6.45) is 0.918. The third kappa shape index (κ3) is 5.36. The average Bonchev–Trinajstić information content (AvgIpc) is 2.21. The fourth-order valence-electron chi connectivity index (χ4n) is 2.77. The second-order valence-electron chi connectivity index (χ2n) is 6.21. The first-order valence-electron chi connectivity index (χ1n) is 7.10. The Kier molecular flexibility index (Phi) is 6.45. The molecule has 0 amide bonds. The van der Waals surface area contributed by atoms with Gasteiger partial charge in [-0.05, 0) is 18.3 Å². The van der Waals surface area contributed by atoms with Gasteiger partial charge in [-0.1, -0.05) is 27.7 Å². The second kappa shape index (κ2) is 7.34. The molecule has 0 unspecified atom stereocenters. The summed E-state index contributed by atoms with van der Waals surface area (Å²) in [5, 5.41) is 9.19. The molecule has 0 aromatic rings. The van der Waals surface area contributed by atoms with Crippen molar-refractivity contribution in [3.8, 4) is 0 Å². The standard InChI is InChI=1S/C14H30N2O/c1-12(2)9-15-6-7-16(10-13(3)4)14(11-15)5-8-17/h12-14,17H,5-11H2,1-4H3/t14-/m1/s1. The Bertz CT molecular complexity index is 206. The van der Waals surface area contributed by atoms with Crippen molar-refractivity contribution < 1.29 is 5.11 Å². The molecular weight excluding hydrogens is 212 g/mol. The van der Waals surface area contributed by atoms with E-state index in [9.17, 15) is 5.11 Å². The largest absolute Gasteiger partial charge is 0.396 e. The normalized spacial score (nSPS) is 23.8. The van der Waals surface area contributed by atoms with E-state index in [4.69, 9.17) is 0 Å². The van der Waals surface area contributed by atoms with Gasteiger partial charge in [0.15, 0.2) is 0 Å². The van der Waals surface area contributed by atoms with Gasteiger partial charge in [0.2, 0.25) is 0 Å². The van der Waals surface area contributed by atoms with E-state index in [2.05, 4.69) is 37.5 Å². The van der Waals surface area contributed by atoms with Crippen LogP contribution in [0.25, 0.3) is 0 Å². The molecule has 0 bridgehead atoms. The van der Waals surface area contributed by atoms with E-state index in [1.807, 2.05) is 0 Å². The lowest BCUT2D eigenvalue weighted by atomic mass is 10.0. The summed E-state index contributed by atoms with van der Waals surface area (Å²) >= 11 is 0. The number of hydrogen-bond donors (Lipinski definition) is 1. The molecule has 0 aliphatic carbocycles. The monoisotopic (exact) mass is 242 g/mol. The predicted octanol–water partition coefficient (Wildman–Crippen LogP) is 1.67. The van der Waals surface area contributed by atoms with E-state index in [0.717, 1.165) is 25.4 Å². The van der Waals surface area contributed by atoms with Crippen molar-refractivity contribution in [2.24, 2.45) is 11.8 Å².